The molecular weight excluding hydrogens is 214 g/mol. The molecule has 0 saturated heterocycles. The van der Waals surface area contributed by atoms with Gasteiger partial charge in [0.25, 0.3) is 0 Å². The third kappa shape index (κ3) is 5.36. The monoisotopic (exact) mass is 235 g/mol. The fraction of sp³-hybridized carbons (Fsp3) is 0.462. The largest absolute Gasteiger partial charge is 0.385 e. The smallest absolute Gasteiger partial charge is 0.221 e. The topological polar surface area (TPSA) is 67.2 Å². The Bertz CT molecular complexity index is 348. The Morgan fingerprint density at radius 3 is 2.41 bits per heavy atom. The van der Waals surface area contributed by atoms with E-state index in [9.17, 15) is 4.79 Å². The predicted molar refractivity (Wildman–Crippen MR) is 72.1 cm³/mol. The highest BCUT2D eigenvalue weighted by Gasteiger charge is 2.01. The fourth-order valence-corrected chi connectivity index (χ4v) is 1.55. The molecule has 0 heterocycles. The van der Waals surface area contributed by atoms with E-state index >= 15 is 0 Å². The zero-order valence-corrected chi connectivity index (χ0v) is 10.5. The zero-order chi connectivity index (χ0) is 12.7. The molecule has 0 aliphatic heterocycles. The van der Waals surface area contributed by atoms with Crippen molar-refractivity contribution in [3.05, 3.63) is 24.3 Å². The van der Waals surface area contributed by atoms with Gasteiger partial charge in [0.2, 0.25) is 5.91 Å². The van der Waals surface area contributed by atoms with Crippen LogP contribution in [0.5, 0.6) is 0 Å². The van der Waals surface area contributed by atoms with Crippen LogP contribution in [0.3, 0.4) is 0 Å². The number of rotatable bonds is 6. The van der Waals surface area contributed by atoms with Crippen molar-refractivity contribution in [2.45, 2.75) is 20.3 Å². The maximum Gasteiger partial charge on any atom is 0.221 e. The average molecular weight is 235 g/mol. The fourth-order valence-electron chi connectivity index (χ4n) is 1.55. The Hall–Kier alpha value is -1.55. The Kier molecular flexibility index (Phi) is 5.49. The van der Waals surface area contributed by atoms with Gasteiger partial charge in [0.05, 0.1) is 0 Å². The van der Waals surface area contributed by atoms with E-state index in [-0.39, 0.29) is 5.91 Å². The molecule has 0 aromatic heterocycles. The van der Waals surface area contributed by atoms with Crippen LogP contribution in [0, 0.1) is 5.92 Å². The van der Waals surface area contributed by atoms with E-state index < -0.39 is 0 Å². The van der Waals surface area contributed by atoms with Crippen LogP contribution in [0.25, 0.3) is 0 Å². The lowest BCUT2D eigenvalue weighted by atomic mass is 10.1. The van der Waals surface area contributed by atoms with Crippen LogP contribution in [0.1, 0.15) is 20.3 Å². The van der Waals surface area contributed by atoms with Gasteiger partial charge < -0.3 is 16.4 Å². The molecule has 4 heteroatoms. The van der Waals surface area contributed by atoms with Gasteiger partial charge in [-0.15, -0.1) is 0 Å². The van der Waals surface area contributed by atoms with Crippen molar-refractivity contribution in [3.63, 3.8) is 0 Å². The van der Waals surface area contributed by atoms with Gasteiger partial charge in [0.15, 0.2) is 0 Å². The molecule has 1 atom stereocenters. The molecule has 1 rings (SSSR count). The van der Waals surface area contributed by atoms with Gasteiger partial charge in [-0.25, -0.2) is 0 Å². The van der Waals surface area contributed by atoms with Crippen molar-refractivity contribution < 1.29 is 4.79 Å². The van der Waals surface area contributed by atoms with Gasteiger partial charge in [-0.1, -0.05) is 6.92 Å². The van der Waals surface area contributed by atoms with Gasteiger partial charge in [-0.2, -0.15) is 0 Å². The van der Waals surface area contributed by atoms with E-state index in [1.165, 1.54) is 6.92 Å². The molecule has 1 amide bonds. The molecule has 0 bridgehead atoms. The summed E-state index contributed by atoms with van der Waals surface area (Å²) in [5.74, 6) is 0.511. The maximum atomic E-state index is 10.8. The summed E-state index contributed by atoms with van der Waals surface area (Å²) in [6.45, 7) is 5.31. The number of anilines is 2. The highest BCUT2D eigenvalue weighted by atomic mass is 16.1. The van der Waals surface area contributed by atoms with Crippen LogP contribution < -0.4 is 16.4 Å². The van der Waals surface area contributed by atoms with Gasteiger partial charge in [-0.3, -0.25) is 4.79 Å². The molecule has 1 unspecified atom stereocenters. The van der Waals surface area contributed by atoms with Crippen molar-refractivity contribution in [3.8, 4) is 0 Å². The Morgan fingerprint density at radius 1 is 1.29 bits per heavy atom. The van der Waals surface area contributed by atoms with Crippen LogP contribution in [0.15, 0.2) is 24.3 Å². The summed E-state index contributed by atoms with van der Waals surface area (Å²) in [5.41, 5.74) is 7.37. The summed E-state index contributed by atoms with van der Waals surface area (Å²) < 4.78 is 0. The second-order valence-electron chi connectivity index (χ2n) is 4.32. The lowest BCUT2D eigenvalue weighted by Gasteiger charge is -2.12. The number of nitrogens with one attached hydrogen (secondary N) is 2. The molecule has 94 valence electrons. The minimum Gasteiger partial charge on any atom is -0.385 e. The van der Waals surface area contributed by atoms with Crippen molar-refractivity contribution in [2.24, 2.45) is 11.7 Å². The minimum absolute atomic E-state index is 0.0534. The van der Waals surface area contributed by atoms with Crippen molar-refractivity contribution in [1.82, 2.24) is 0 Å². The van der Waals surface area contributed by atoms with Gasteiger partial charge in [0, 0.05) is 24.8 Å². The minimum atomic E-state index is -0.0534. The summed E-state index contributed by atoms with van der Waals surface area (Å²) >= 11 is 0. The second kappa shape index (κ2) is 6.91. The molecule has 4 N–H and O–H groups in total. The molecule has 0 saturated carbocycles. The Balaban J connectivity index is 2.42. The normalized spacial score (nSPS) is 11.9. The first kappa shape index (κ1) is 13.5. The van der Waals surface area contributed by atoms with E-state index in [0.29, 0.717) is 5.92 Å². The van der Waals surface area contributed by atoms with Crippen LogP contribution in [0.4, 0.5) is 11.4 Å². The van der Waals surface area contributed by atoms with Crippen LogP contribution >= 0.6 is 0 Å². The maximum absolute atomic E-state index is 10.8. The molecule has 0 spiro atoms. The van der Waals surface area contributed by atoms with Gasteiger partial charge in [0.1, 0.15) is 0 Å². The van der Waals surface area contributed by atoms with E-state index in [2.05, 4.69) is 17.6 Å². The summed E-state index contributed by atoms with van der Waals surface area (Å²) in [4.78, 5) is 10.8. The third-order valence-corrected chi connectivity index (χ3v) is 2.52. The van der Waals surface area contributed by atoms with E-state index in [1.807, 2.05) is 24.3 Å². The Morgan fingerprint density at radius 2 is 1.88 bits per heavy atom. The first-order chi connectivity index (χ1) is 8.11. The Labute approximate surface area is 103 Å². The van der Waals surface area contributed by atoms with E-state index in [4.69, 9.17) is 5.73 Å². The third-order valence-electron chi connectivity index (χ3n) is 2.52. The molecule has 0 fully saturated rings. The number of amides is 1. The highest BCUT2D eigenvalue weighted by molar-refractivity contribution is 5.88. The summed E-state index contributed by atoms with van der Waals surface area (Å²) in [5, 5.41) is 6.08. The van der Waals surface area contributed by atoms with Gasteiger partial charge >= 0.3 is 0 Å². The number of hydrogen-bond acceptors (Lipinski definition) is 3. The number of nitrogens with two attached hydrogens (primary N) is 1. The molecule has 0 aliphatic rings. The molecule has 0 aliphatic carbocycles. The van der Waals surface area contributed by atoms with Crippen molar-refractivity contribution >= 4 is 17.3 Å². The zero-order valence-electron chi connectivity index (χ0n) is 10.5. The first-order valence-corrected chi connectivity index (χ1v) is 5.93. The lowest BCUT2D eigenvalue weighted by Crippen LogP contribution is -2.15. The standard InChI is InChI=1S/C13H21N3O/c1-10(7-8-14)9-15-12-3-5-13(6-4-12)16-11(2)17/h3-6,10,15H,7-9,14H2,1-2H3,(H,16,17). The number of benzene rings is 1. The SMILES string of the molecule is CC(=O)Nc1ccc(NCC(C)CCN)cc1. The number of carbonyl (C=O) groups excluding carboxylic acids is 1. The molecule has 17 heavy (non-hydrogen) atoms. The highest BCUT2D eigenvalue weighted by Crippen LogP contribution is 2.14. The van der Waals surface area contributed by atoms with Crippen LogP contribution in [0.2, 0.25) is 0 Å². The molecular formula is C13H21N3O. The van der Waals surface area contributed by atoms with Crippen LogP contribution in [-0.4, -0.2) is 19.0 Å². The molecule has 0 radical (unpaired) electrons. The van der Waals surface area contributed by atoms with E-state index in [0.717, 1.165) is 30.9 Å². The molecule has 1 aromatic rings. The van der Waals surface area contributed by atoms with Crippen LogP contribution in [-0.2, 0) is 4.79 Å². The quantitative estimate of drug-likeness (QED) is 0.707. The summed E-state index contributed by atoms with van der Waals surface area (Å²) in [6, 6.07) is 7.69. The van der Waals surface area contributed by atoms with Gasteiger partial charge in [-0.05, 0) is 43.1 Å². The average Bonchev–Trinajstić information content (AvgIpc) is 2.28. The summed E-state index contributed by atoms with van der Waals surface area (Å²) in [7, 11) is 0. The number of carbonyl (C=O) groups is 1. The lowest BCUT2D eigenvalue weighted by molar-refractivity contribution is -0.114. The molecule has 1 aromatic carbocycles. The predicted octanol–water partition coefficient (Wildman–Crippen LogP) is 2.04. The number of hydrogen-bond donors (Lipinski definition) is 3. The first-order valence-electron chi connectivity index (χ1n) is 5.93. The summed E-state index contributed by atoms with van der Waals surface area (Å²) in [6.07, 6.45) is 1.02. The van der Waals surface area contributed by atoms with E-state index in [1.54, 1.807) is 0 Å². The second-order valence-corrected chi connectivity index (χ2v) is 4.32. The van der Waals surface area contributed by atoms with Crippen molar-refractivity contribution in [1.29, 1.82) is 0 Å². The molecule has 4 nitrogen and oxygen atoms in total. The van der Waals surface area contributed by atoms with Crippen molar-refractivity contribution in [2.75, 3.05) is 23.7 Å².